The van der Waals surface area contributed by atoms with Gasteiger partial charge in [-0.3, -0.25) is 24.4 Å². The maximum atomic E-state index is 13.3. The summed E-state index contributed by atoms with van der Waals surface area (Å²) in [4.78, 5) is 46.4. The summed E-state index contributed by atoms with van der Waals surface area (Å²) in [5.74, 6) is -2.36. The lowest BCUT2D eigenvalue weighted by molar-refractivity contribution is -0.175. The maximum Gasteiger partial charge on any atom is 0.411 e. The average Bonchev–Trinajstić information content (AvgIpc) is 2.89. The smallest absolute Gasteiger partial charge is 0.370 e. The molecule has 13 nitrogen and oxygen atoms in total. The van der Waals surface area contributed by atoms with Gasteiger partial charge in [0.2, 0.25) is 11.8 Å². The van der Waals surface area contributed by atoms with Crippen molar-refractivity contribution in [2.24, 2.45) is 38.7 Å². The minimum atomic E-state index is -4.62. The van der Waals surface area contributed by atoms with Crippen LogP contribution < -0.4 is 39.3 Å². The van der Waals surface area contributed by atoms with Crippen molar-refractivity contribution in [3.63, 3.8) is 0 Å². The molecule has 12 N–H and O–H groups in total. The van der Waals surface area contributed by atoms with E-state index >= 15 is 0 Å². The molecule has 41 heavy (non-hydrogen) atoms. The number of amides is 2. The molecular formula is C25H40F3N9O4. The summed E-state index contributed by atoms with van der Waals surface area (Å²) in [6, 6.07) is 5.88. The van der Waals surface area contributed by atoms with Crippen molar-refractivity contribution < 1.29 is 32.3 Å². The predicted molar refractivity (Wildman–Crippen MR) is 148 cm³/mol. The van der Waals surface area contributed by atoms with Crippen LogP contribution in [0.1, 0.15) is 37.7 Å². The molecule has 0 spiro atoms. The van der Waals surface area contributed by atoms with Gasteiger partial charge < -0.3 is 44.0 Å². The Morgan fingerprint density at radius 2 is 1.39 bits per heavy atom. The van der Waals surface area contributed by atoms with Gasteiger partial charge in [-0.25, -0.2) is 0 Å². The number of nitrogens with two attached hydrogens (primary N) is 5. The molecule has 1 aromatic rings. The number of alkyl halides is 3. The van der Waals surface area contributed by atoms with Crippen LogP contribution in [-0.4, -0.2) is 80.1 Å². The molecule has 0 saturated carbocycles. The molecule has 0 aromatic heterocycles. The summed E-state index contributed by atoms with van der Waals surface area (Å²) in [7, 11) is 0. The number of aryl methyl sites for hydroxylation is 1. The molecular weight excluding hydrogens is 547 g/mol. The number of rotatable bonds is 19. The van der Waals surface area contributed by atoms with Crippen LogP contribution in [0.15, 0.2) is 40.3 Å². The van der Waals surface area contributed by atoms with Crippen LogP contribution in [-0.2, 0) is 25.5 Å². The summed E-state index contributed by atoms with van der Waals surface area (Å²) < 4.78 is 41.9. The highest BCUT2D eigenvalue weighted by atomic mass is 19.4. The van der Waals surface area contributed by atoms with Crippen molar-refractivity contribution >= 4 is 29.5 Å². The number of benzene rings is 1. The zero-order valence-corrected chi connectivity index (χ0v) is 22.7. The highest BCUT2D eigenvalue weighted by Crippen LogP contribution is 2.15. The molecule has 230 valence electrons. The van der Waals surface area contributed by atoms with Gasteiger partial charge >= 0.3 is 6.18 Å². The molecule has 1 aromatic carbocycles. The van der Waals surface area contributed by atoms with Crippen molar-refractivity contribution in [1.82, 2.24) is 10.6 Å². The van der Waals surface area contributed by atoms with E-state index in [1.54, 1.807) is 0 Å². The maximum absolute atomic E-state index is 13.3. The van der Waals surface area contributed by atoms with Crippen molar-refractivity contribution in [2.45, 2.75) is 62.8 Å². The lowest BCUT2D eigenvalue weighted by Crippen LogP contribution is -2.55. The first-order valence-corrected chi connectivity index (χ1v) is 13.0. The van der Waals surface area contributed by atoms with Gasteiger partial charge in [0.05, 0.1) is 12.1 Å². The standard InChI is InChI=1S/C25H40F3N9O4/c26-25(27,28)15-41-14-20(38)18(9-5-13-35-24(32)33)36-22(40)19(11-10-16-6-2-1-3-7-16)37-21(39)17(29)8-4-12-34-23(30)31/h1-3,6-7,17-19H,4-5,8-15,29H2,(H,36,40)(H,37,39)(H4,30,31,34)(H4,32,33,35)/t17-,18+,19+/m1/s1. The minimum Gasteiger partial charge on any atom is -0.370 e. The van der Waals surface area contributed by atoms with Gasteiger partial charge in [0.15, 0.2) is 17.7 Å². The number of carbonyl (C=O) groups excluding carboxylic acids is 3. The summed E-state index contributed by atoms with van der Waals surface area (Å²) in [5, 5.41) is 5.15. The van der Waals surface area contributed by atoms with Crippen LogP contribution in [0, 0.1) is 0 Å². The summed E-state index contributed by atoms with van der Waals surface area (Å²) in [6.07, 6.45) is -3.18. The number of hydrogen-bond acceptors (Lipinski definition) is 7. The Morgan fingerprint density at radius 1 is 0.829 bits per heavy atom. The number of carbonyl (C=O) groups is 3. The molecule has 2 amide bonds. The molecule has 0 radical (unpaired) electrons. The first-order chi connectivity index (χ1) is 19.3. The van der Waals surface area contributed by atoms with E-state index in [9.17, 15) is 27.6 Å². The van der Waals surface area contributed by atoms with Gasteiger partial charge in [-0.15, -0.1) is 0 Å². The lowest BCUT2D eigenvalue weighted by atomic mass is 10.0. The lowest BCUT2D eigenvalue weighted by Gasteiger charge is -2.24. The number of halogens is 3. The molecule has 16 heteroatoms. The highest BCUT2D eigenvalue weighted by Gasteiger charge is 2.30. The second-order valence-electron chi connectivity index (χ2n) is 9.23. The molecule has 0 unspecified atom stereocenters. The summed E-state index contributed by atoms with van der Waals surface area (Å²) in [5.41, 5.74) is 28.0. The number of nitrogens with one attached hydrogen (secondary N) is 2. The van der Waals surface area contributed by atoms with E-state index in [-0.39, 0.29) is 50.7 Å². The van der Waals surface area contributed by atoms with Gasteiger partial charge in [-0.05, 0) is 44.1 Å². The second-order valence-corrected chi connectivity index (χ2v) is 9.23. The largest absolute Gasteiger partial charge is 0.411 e. The van der Waals surface area contributed by atoms with E-state index in [4.69, 9.17) is 28.7 Å². The molecule has 0 bridgehead atoms. The van der Waals surface area contributed by atoms with E-state index < -0.39 is 55.1 Å². The van der Waals surface area contributed by atoms with Crippen LogP contribution >= 0.6 is 0 Å². The fourth-order valence-electron chi connectivity index (χ4n) is 3.61. The number of aliphatic imine (C=N–C) groups is 2. The minimum absolute atomic E-state index is 0.0143. The number of nitrogens with zero attached hydrogens (tertiary/aromatic N) is 2. The zero-order valence-electron chi connectivity index (χ0n) is 22.7. The third kappa shape index (κ3) is 16.7. The number of hydrogen-bond donors (Lipinski definition) is 7. The Hall–Kier alpha value is -3.92. The molecule has 0 saturated heterocycles. The Balaban J connectivity index is 2.98. The average molecular weight is 588 g/mol. The topological polar surface area (TPSA) is 239 Å². The molecule has 1 rings (SSSR count). The number of guanidine groups is 2. The van der Waals surface area contributed by atoms with Crippen molar-refractivity contribution in [3.05, 3.63) is 35.9 Å². The van der Waals surface area contributed by atoms with Crippen LogP contribution in [0.5, 0.6) is 0 Å². The Kier molecular flexibility index (Phi) is 15.8. The Labute approximate surface area is 236 Å². The highest BCUT2D eigenvalue weighted by molar-refractivity contribution is 5.94. The Morgan fingerprint density at radius 3 is 1.95 bits per heavy atom. The third-order valence-corrected chi connectivity index (χ3v) is 5.66. The summed E-state index contributed by atoms with van der Waals surface area (Å²) >= 11 is 0. The quantitative estimate of drug-likeness (QED) is 0.0606. The van der Waals surface area contributed by atoms with Gasteiger partial charge in [-0.2, -0.15) is 13.2 Å². The first-order valence-electron chi connectivity index (χ1n) is 13.0. The molecule has 0 aliphatic carbocycles. The van der Waals surface area contributed by atoms with Gasteiger partial charge in [0, 0.05) is 13.1 Å². The molecule has 3 atom stereocenters. The summed E-state index contributed by atoms with van der Waals surface area (Å²) in [6.45, 7) is -2.12. The third-order valence-electron chi connectivity index (χ3n) is 5.66. The second kappa shape index (κ2) is 18.4. The Bertz CT molecular complexity index is 1020. The van der Waals surface area contributed by atoms with Crippen molar-refractivity contribution in [1.29, 1.82) is 0 Å². The van der Waals surface area contributed by atoms with Crippen LogP contribution in [0.3, 0.4) is 0 Å². The first kappa shape index (κ1) is 35.1. The fourth-order valence-corrected chi connectivity index (χ4v) is 3.61. The van der Waals surface area contributed by atoms with Crippen molar-refractivity contribution in [2.75, 3.05) is 26.3 Å². The zero-order chi connectivity index (χ0) is 30.8. The molecule has 0 aliphatic heterocycles. The van der Waals surface area contributed by atoms with E-state index in [0.29, 0.717) is 12.8 Å². The molecule has 0 aliphatic rings. The van der Waals surface area contributed by atoms with Gasteiger partial charge in [0.1, 0.15) is 19.3 Å². The van der Waals surface area contributed by atoms with E-state index in [1.807, 2.05) is 30.3 Å². The normalized spacial score (nSPS) is 13.4. The van der Waals surface area contributed by atoms with Crippen LogP contribution in [0.2, 0.25) is 0 Å². The van der Waals surface area contributed by atoms with E-state index in [2.05, 4.69) is 25.4 Å². The van der Waals surface area contributed by atoms with E-state index in [1.165, 1.54) is 0 Å². The number of ether oxygens (including phenoxy) is 1. The monoisotopic (exact) mass is 587 g/mol. The van der Waals surface area contributed by atoms with Crippen molar-refractivity contribution in [3.8, 4) is 0 Å². The predicted octanol–water partition coefficient (Wildman–Crippen LogP) is -0.829. The molecule has 0 fully saturated rings. The van der Waals surface area contributed by atoms with Gasteiger partial charge in [0.25, 0.3) is 0 Å². The van der Waals surface area contributed by atoms with Crippen LogP contribution in [0.4, 0.5) is 13.2 Å². The molecule has 0 heterocycles. The van der Waals surface area contributed by atoms with Gasteiger partial charge in [-0.1, -0.05) is 30.3 Å². The SMILES string of the molecule is NC(N)=NCCC[C@@H](N)C(=O)N[C@@H](CCc1ccccc1)C(=O)N[C@@H](CCCN=C(N)N)C(=O)COCC(F)(F)F. The fraction of sp³-hybridized carbons (Fsp3) is 0.560. The van der Waals surface area contributed by atoms with E-state index in [0.717, 1.165) is 5.56 Å². The van der Waals surface area contributed by atoms with Crippen LogP contribution in [0.25, 0.3) is 0 Å². The number of Topliss-reactive ketones (excluding diaryl/α,β-unsaturated/α-hetero) is 1. The number of ketones is 1.